The van der Waals surface area contributed by atoms with Gasteiger partial charge in [-0.05, 0) is 48.7 Å². The van der Waals surface area contributed by atoms with Gasteiger partial charge in [-0.15, -0.1) is 0 Å². The maximum Gasteiger partial charge on any atom is 0.419 e. The van der Waals surface area contributed by atoms with E-state index in [0.29, 0.717) is 61.6 Å². The Labute approximate surface area is 264 Å². The Kier molecular flexibility index (Phi) is 8.28. The number of halogens is 6. The maximum atomic E-state index is 13.9. The van der Waals surface area contributed by atoms with Gasteiger partial charge >= 0.3 is 12.7 Å². The van der Waals surface area contributed by atoms with Crippen molar-refractivity contribution < 1.29 is 31.5 Å². The van der Waals surface area contributed by atoms with Crippen LogP contribution in [0.4, 0.5) is 27.6 Å². The van der Waals surface area contributed by atoms with Crippen LogP contribution in [0.2, 0.25) is 5.02 Å². The molecular formula is C32H26ClF5N6O2. The van der Waals surface area contributed by atoms with E-state index in [9.17, 15) is 32.0 Å². The van der Waals surface area contributed by atoms with Gasteiger partial charge in [-0.3, -0.25) is 4.79 Å². The molecular weight excluding hydrogens is 631 g/mol. The van der Waals surface area contributed by atoms with Crippen molar-refractivity contribution in [1.82, 2.24) is 19.6 Å². The number of hydrogen-bond donors (Lipinski definition) is 1. The number of nitrogens with zero attached hydrogens (tertiary/aromatic N) is 5. The number of carbonyl (C=O) groups is 1. The van der Waals surface area contributed by atoms with Gasteiger partial charge in [0, 0.05) is 39.9 Å². The molecule has 14 heteroatoms. The van der Waals surface area contributed by atoms with Crippen LogP contribution in [0.3, 0.4) is 0 Å². The summed E-state index contributed by atoms with van der Waals surface area (Å²) < 4.78 is 70.0. The van der Waals surface area contributed by atoms with E-state index < -0.39 is 30.1 Å². The van der Waals surface area contributed by atoms with Gasteiger partial charge in [0.25, 0.3) is 0 Å². The third-order valence-corrected chi connectivity index (χ3v) is 8.34. The standard InChI is InChI=1S/C32H26ClF5N6O2/c1-18-4-2-7-24(19-5-3-6-20(12-19)29-26(41-30(18)45)15-40-44(29)31(34)35)28-10-8-21(16-43(28)46)25-13-23(33)9-11-27(25)42-17-22(14-39-42)32(36,37)38/h3,5-6,8-18,24,31H,2,4,7H2,1H3,(H,41,45)/t18-,24-/m1/s1. The molecule has 2 atom stereocenters. The molecule has 8 nitrogen and oxygen atoms in total. The van der Waals surface area contributed by atoms with Crippen molar-refractivity contribution in [3.63, 3.8) is 0 Å². The second-order valence-corrected chi connectivity index (χ2v) is 11.6. The molecule has 2 aromatic carbocycles. The second kappa shape index (κ2) is 12.2. The fourth-order valence-corrected chi connectivity index (χ4v) is 5.93. The van der Waals surface area contributed by atoms with E-state index in [0.717, 1.165) is 17.1 Å². The molecule has 3 aromatic heterocycles. The zero-order valence-corrected chi connectivity index (χ0v) is 24.9. The highest BCUT2D eigenvalue weighted by molar-refractivity contribution is 6.31. The average molecular weight is 657 g/mol. The van der Waals surface area contributed by atoms with Gasteiger partial charge in [-0.25, -0.2) is 9.36 Å². The van der Waals surface area contributed by atoms with Crippen molar-refractivity contribution in [1.29, 1.82) is 0 Å². The van der Waals surface area contributed by atoms with Crippen LogP contribution in [0.5, 0.6) is 0 Å². The van der Waals surface area contributed by atoms with E-state index in [-0.39, 0.29) is 23.0 Å². The van der Waals surface area contributed by atoms with Gasteiger partial charge in [0.15, 0.2) is 11.9 Å². The molecule has 0 radical (unpaired) electrons. The zero-order chi connectivity index (χ0) is 32.7. The van der Waals surface area contributed by atoms with E-state index >= 15 is 0 Å². The minimum Gasteiger partial charge on any atom is -0.618 e. The molecule has 0 saturated heterocycles. The summed E-state index contributed by atoms with van der Waals surface area (Å²) in [5.41, 5.74) is 1.77. The number of anilines is 1. The quantitative estimate of drug-likeness (QED) is 0.121. The minimum absolute atomic E-state index is 0.0443. The molecule has 6 rings (SSSR count). The molecule has 4 heterocycles. The zero-order valence-electron chi connectivity index (χ0n) is 24.2. The maximum absolute atomic E-state index is 13.9. The van der Waals surface area contributed by atoms with Gasteiger partial charge in [0.05, 0.1) is 40.9 Å². The fraction of sp³-hybridized carbons (Fsp3) is 0.250. The number of fused-ring (bicyclic) bond motifs is 4. The summed E-state index contributed by atoms with van der Waals surface area (Å²) in [6, 6.07) is 14.7. The van der Waals surface area contributed by atoms with Crippen molar-refractivity contribution >= 4 is 23.2 Å². The predicted octanol–water partition coefficient (Wildman–Crippen LogP) is 7.99. The van der Waals surface area contributed by atoms with Crippen LogP contribution in [-0.4, -0.2) is 25.5 Å². The smallest absolute Gasteiger partial charge is 0.419 e. The first-order chi connectivity index (χ1) is 21.9. The molecule has 1 aliphatic rings. The Morgan fingerprint density at radius 2 is 1.85 bits per heavy atom. The summed E-state index contributed by atoms with van der Waals surface area (Å²) >= 11 is 6.25. The molecule has 0 saturated carbocycles. The number of carbonyl (C=O) groups excluding carboxylic acids is 1. The highest BCUT2D eigenvalue weighted by Crippen LogP contribution is 2.38. The van der Waals surface area contributed by atoms with Gasteiger partial charge in [0.1, 0.15) is 0 Å². The molecule has 0 aliphatic carbocycles. The number of amides is 1. The molecule has 0 unspecified atom stereocenters. The number of pyridine rings is 1. The Hall–Kier alpha value is -4.78. The number of nitrogens with one attached hydrogen (secondary N) is 1. The average Bonchev–Trinajstić information content (AvgIpc) is 3.67. The van der Waals surface area contributed by atoms with Crippen LogP contribution in [0.25, 0.3) is 28.1 Å². The second-order valence-electron chi connectivity index (χ2n) is 11.1. The summed E-state index contributed by atoms with van der Waals surface area (Å²) in [6.07, 6.45) is 1.03. The lowest BCUT2D eigenvalue weighted by atomic mass is 9.86. The van der Waals surface area contributed by atoms with Gasteiger partial charge in [-0.2, -0.15) is 36.9 Å². The van der Waals surface area contributed by atoms with Crippen molar-refractivity contribution in [3.8, 4) is 28.1 Å². The summed E-state index contributed by atoms with van der Waals surface area (Å²) in [5.74, 6) is -1.25. The number of benzene rings is 2. The van der Waals surface area contributed by atoms with E-state index in [1.165, 1.54) is 30.6 Å². The number of rotatable bonds is 4. The summed E-state index contributed by atoms with van der Waals surface area (Å²) in [6.45, 7) is -1.21. The van der Waals surface area contributed by atoms with Gasteiger partial charge in [0.2, 0.25) is 5.91 Å². The molecule has 46 heavy (non-hydrogen) atoms. The van der Waals surface area contributed by atoms with Crippen LogP contribution < -0.4 is 10.0 Å². The highest BCUT2D eigenvalue weighted by Gasteiger charge is 2.33. The molecule has 0 spiro atoms. The van der Waals surface area contributed by atoms with Crippen LogP contribution in [0, 0.1) is 11.1 Å². The highest BCUT2D eigenvalue weighted by atomic mass is 35.5. The molecule has 0 fully saturated rings. The largest absolute Gasteiger partial charge is 0.618 e. The van der Waals surface area contributed by atoms with E-state index in [2.05, 4.69) is 15.5 Å². The first-order valence-corrected chi connectivity index (χ1v) is 14.7. The number of hydrogen-bond acceptors (Lipinski definition) is 4. The first kappa shape index (κ1) is 31.2. The topological polar surface area (TPSA) is 91.7 Å². The van der Waals surface area contributed by atoms with Crippen LogP contribution >= 0.6 is 11.6 Å². The number of aromatic nitrogens is 5. The summed E-state index contributed by atoms with van der Waals surface area (Å²) in [5, 5.41) is 24.4. The van der Waals surface area contributed by atoms with E-state index in [1.54, 1.807) is 37.3 Å². The lowest BCUT2D eigenvalue weighted by Crippen LogP contribution is -2.34. The molecule has 2 bridgehead atoms. The predicted molar refractivity (Wildman–Crippen MR) is 160 cm³/mol. The molecule has 1 N–H and O–H groups in total. The van der Waals surface area contributed by atoms with E-state index in [4.69, 9.17) is 11.6 Å². The molecule has 1 amide bonds. The normalized spacial score (nSPS) is 17.3. The Morgan fingerprint density at radius 1 is 1.04 bits per heavy atom. The van der Waals surface area contributed by atoms with Crippen molar-refractivity contribution in [2.45, 2.75) is 44.8 Å². The molecule has 5 aromatic rings. The van der Waals surface area contributed by atoms with Gasteiger partial charge < -0.3 is 10.5 Å². The first-order valence-electron chi connectivity index (χ1n) is 14.3. The molecule has 238 valence electrons. The van der Waals surface area contributed by atoms with Gasteiger partial charge in [-0.1, -0.05) is 43.1 Å². The van der Waals surface area contributed by atoms with E-state index in [1.807, 2.05) is 6.07 Å². The van der Waals surface area contributed by atoms with Crippen LogP contribution in [0.1, 0.15) is 55.5 Å². The third-order valence-electron chi connectivity index (χ3n) is 8.11. The Bertz CT molecular complexity index is 1920. The Morgan fingerprint density at radius 3 is 2.57 bits per heavy atom. The lowest BCUT2D eigenvalue weighted by Gasteiger charge is -2.21. The SMILES string of the molecule is C[C@@H]1CCC[C@@H](c2ccc(-c3cc(Cl)ccc3-n3cc(C(F)(F)F)cn3)c[n+]2[O-])c2cccc(c2)-c2c(cnn2C(F)F)NC1=O. The molecule has 1 aliphatic heterocycles. The summed E-state index contributed by atoms with van der Waals surface area (Å²) in [7, 11) is 0. The van der Waals surface area contributed by atoms with Crippen LogP contribution in [0.15, 0.2) is 79.4 Å². The fourth-order valence-electron chi connectivity index (χ4n) is 5.75. The summed E-state index contributed by atoms with van der Waals surface area (Å²) in [4.78, 5) is 12.9. The minimum atomic E-state index is -4.59. The number of alkyl halides is 5. The van der Waals surface area contributed by atoms with Crippen molar-refractivity contribution in [3.05, 3.63) is 106 Å². The van der Waals surface area contributed by atoms with Crippen LogP contribution in [-0.2, 0) is 11.0 Å². The monoisotopic (exact) mass is 656 g/mol. The van der Waals surface area contributed by atoms with Crippen molar-refractivity contribution in [2.24, 2.45) is 5.92 Å². The Balaban J connectivity index is 1.43. The lowest BCUT2D eigenvalue weighted by molar-refractivity contribution is -0.614. The third kappa shape index (κ3) is 6.06. The van der Waals surface area contributed by atoms with Crippen molar-refractivity contribution in [2.75, 3.05) is 5.32 Å².